The number of ether oxygens (including phenoxy) is 2. The number of carbonyl (C=O) groups excluding carboxylic acids is 2. The number of nitrogens with zero attached hydrogens (tertiary/aromatic N) is 2. The fourth-order valence-electron chi connectivity index (χ4n) is 3.85. The number of hydrogen-bond acceptors (Lipinski definition) is 7. The van der Waals surface area contributed by atoms with Gasteiger partial charge in [-0.3, -0.25) is 4.79 Å². The van der Waals surface area contributed by atoms with E-state index >= 15 is 0 Å². The van der Waals surface area contributed by atoms with Gasteiger partial charge < -0.3 is 19.7 Å². The Morgan fingerprint density at radius 2 is 1.91 bits per heavy atom. The molecule has 2 aliphatic heterocycles. The normalized spacial score (nSPS) is 16.8. The van der Waals surface area contributed by atoms with Crippen LogP contribution in [-0.4, -0.2) is 35.7 Å². The summed E-state index contributed by atoms with van der Waals surface area (Å²) in [5.74, 6) is -0.481. The molecule has 4 rings (SSSR count). The first-order valence-electron chi connectivity index (χ1n) is 10.8. The van der Waals surface area contributed by atoms with Crippen molar-refractivity contribution in [2.24, 2.45) is 4.99 Å². The molecular weight excluding hydrogens is 469 g/mol. The zero-order valence-corrected chi connectivity index (χ0v) is 20.1. The molecule has 1 atom stereocenters. The Balaban J connectivity index is 1.65. The Morgan fingerprint density at radius 1 is 1.20 bits per heavy atom. The molecule has 1 amide bonds. The highest BCUT2D eigenvalue weighted by molar-refractivity contribution is 8.16. The predicted octanol–water partition coefficient (Wildman–Crippen LogP) is 5.17. The van der Waals surface area contributed by atoms with Crippen molar-refractivity contribution in [2.45, 2.75) is 19.4 Å². The maximum absolute atomic E-state index is 13.2. The van der Waals surface area contributed by atoms with E-state index in [4.69, 9.17) is 9.47 Å². The standard InChI is InChI=1S/C26H24FN3O4S/c1-4-13-34-25(32)23-16(2)28-26-30(24(23)17-5-11-21(33-3)12-6-17)20(15-35-26)14-22(31)29-19-9-7-18(27)8-10-19/h4-12,15,24H,1,13-14H2,2-3H3,(H,29,31). The van der Waals surface area contributed by atoms with E-state index in [1.165, 1.54) is 42.1 Å². The molecular formula is C26H24FN3O4S. The van der Waals surface area contributed by atoms with Gasteiger partial charge in [-0.1, -0.05) is 36.5 Å². The number of amides is 1. The number of anilines is 1. The Morgan fingerprint density at radius 3 is 2.57 bits per heavy atom. The molecule has 2 aliphatic rings. The Kier molecular flexibility index (Phi) is 7.36. The van der Waals surface area contributed by atoms with Crippen molar-refractivity contribution >= 4 is 34.5 Å². The van der Waals surface area contributed by atoms with Crippen molar-refractivity contribution in [1.82, 2.24) is 4.90 Å². The maximum Gasteiger partial charge on any atom is 0.338 e. The SMILES string of the molecule is C=CCOC(=O)C1=C(C)N=C2SC=C(CC(=O)Nc3ccc(F)cc3)N2C1c1ccc(OC)cc1. The molecule has 1 N–H and O–H groups in total. The Hall–Kier alpha value is -3.85. The minimum Gasteiger partial charge on any atom is -0.497 e. The number of esters is 1. The summed E-state index contributed by atoms with van der Waals surface area (Å²) in [4.78, 5) is 32.4. The van der Waals surface area contributed by atoms with Gasteiger partial charge in [-0.05, 0) is 54.3 Å². The number of nitrogens with one attached hydrogen (secondary N) is 1. The van der Waals surface area contributed by atoms with Crippen LogP contribution < -0.4 is 10.1 Å². The summed E-state index contributed by atoms with van der Waals surface area (Å²) in [6.07, 6.45) is 1.54. The number of allylic oxidation sites excluding steroid dienone is 1. The molecule has 0 radical (unpaired) electrons. The molecule has 2 heterocycles. The van der Waals surface area contributed by atoms with Gasteiger partial charge >= 0.3 is 5.97 Å². The second-order valence-electron chi connectivity index (χ2n) is 7.79. The molecule has 2 aromatic rings. The predicted molar refractivity (Wildman–Crippen MR) is 134 cm³/mol. The lowest BCUT2D eigenvalue weighted by molar-refractivity contribution is -0.138. The van der Waals surface area contributed by atoms with Gasteiger partial charge in [0.2, 0.25) is 5.91 Å². The van der Waals surface area contributed by atoms with E-state index in [-0.39, 0.29) is 24.8 Å². The summed E-state index contributed by atoms with van der Waals surface area (Å²) in [5, 5.41) is 5.29. The minimum atomic E-state index is -0.550. The largest absolute Gasteiger partial charge is 0.497 e. The lowest BCUT2D eigenvalue weighted by Crippen LogP contribution is -2.37. The van der Waals surface area contributed by atoms with Crippen LogP contribution in [0.5, 0.6) is 5.75 Å². The fourth-order valence-corrected chi connectivity index (χ4v) is 4.81. The van der Waals surface area contributed by atoms with Crippen molar-refractivity contribution in [3.63, 3.8) is 0 Å². The first-order valence-corrected chi connectivity index (χ1v) is 11.7. The van der Waals surface area contributed by atoms with E-state index in [2.05, 4.69) is 16.9 Å². The molecule has 2 aromatic carbocycles. The highest BCUT2D eigenvalue weighted by Gasteiger charge is 2.41. The minimum absolute atomic E-state index is 0.0318. The Labute approximate surface area is 207 Å². The van der Waals surface area contributed by atoms with Crippen molar-refractivity contribution in [3.05, 3.63) is 94.9 Å². The van der Waals surface area contributed by atoms with Gasteiger partial charge in [-0.15, -0.1) is 0 Å². The molecule has 0 spiro atoms. The fraction of sp³-hybridized carbons (Fsp3) is 0.192. The smallest absolute Gasteiger partial charge is 0.338 e. The third kappa shape index (κ3) is 5.30. The highest BCUT2D eigenvalue weighted by atomic mass is 32.2. The Bertz CT molecular complexity index is 1240. The molecule has 9 heteroatoms. The average Bonchev–Trinajstić information content (AvgIpc) is 3.24. The number of halogens is 1. The number of benzene rings is 2. The van der Waals surface area contributed by atoms with Crippen molar-refractivity contribution in [1.29, 1.82) is 0 Å². The summed E-state index contributed by atoms with van der Waals surface area (Å²) >= 11 is 1.38. The van der Waals surface area contributed by atoms with Crippen LogP contribution in [0.1, 0.15) is 24.9 Å². The molecule has 180 valence electrons. The number of rotatable bonds is 8. The number of fused-ring (bicyclic) bond motifs is 1. The van der Waals surface area contributed by atoms with Crippen LogP contribution in [0, 0.1) is 5.82 Å². The van der Waals surface area contributed by atoms with Crippen LogP contribution in [0.2, 0.25) is 0 Å². The third-order valence-corrected chi connectivity index (χ3v) is 6.34. The molecule has 7 nitrogen and oxygen atoms in total. The second kappa shape index (κ2) is 10.6. The second-order valence-corrected chi connectivity index (χ2v) is 8.62. The highest BCUT2D eigenvalue weighted by Crippen LogP contribution is 2.45. The van der Waals surface area contributed by atoms with E-state index in [0.717, 1.165) is 5.56 Å². The topological polar surface area (TPSA) is 80.2 Å². The molecule has 0 saturated heterocycles. The van der Waals surface area contributed by atoms with Crippen LogP contribution in [0.3, 0.4) is 0 Å². The van der Waals surface area contributed by atoms with Crippen LogP contribution in [-0.2, 0) is 14.3 Å². The van der Waals surface area contributed by atoms with Crippen molar-refractivity contribution < 1.29 is 23.5 Å². The lowest BCUT2D eigenvalue weighted by Gasteiger charge is -2.36. The lowest BCUT2D eigenvalue weighted by atomic mass is 9.93. The number of methoxy groups -OCH3 is 1. The quantitative estimate of drug-likeness (QED) is 0.404. The molecule has 0 saturated carbocycles. The van der Waals surface area contributed by atoms with Gasteiger partial charge in [0.15, 0.2) is 5.17 Å². The van der Waals surface area contributed by atoms with Crippen LogP contribution in [0.4, 0.5) is 10.1 Å². The number of aliphatic imine (C=N–C) groups is 1. The summed E-state index contributed by atoms with van der Waals surface area (Å²) in [7, 11) is 1.58. The first kappa shape index (κ1) is 24.3. The zero-order chi connectivity index (χ0) is 24.9. The van der Waals surface area contributed by atoms with E-state index in [9.17, 15) is 14.0 Å². The van der Waals surface area contributed by atoms with Crippen LogP contribution in [0.25, 0.3) is 0 Å². The van der Waals surface area contributed by atoms with E-state index in [1.807, 2.05) is 34.6 Å². The van der Waals surface area contributed by atoms with E-state index in [1.54, 1.807) is 14.0 Å². The number of hydrogen-bond donors (Lipinski definition) is 1. The number of thioether (sulfide) groups is 1. The van der Waals surface area contributed by atoms with Gasteiger partial charge in [0.25, 0.3) is 0 Å². The molecule has 0 aliphatic carbocycles. The van der Waals surface area contributed by atoms with Gasteiger partial charge in [0, 0.05) is 11.4 Å². The van der Waals surface area contributed by atoms with Crippen molar-refractivity contribution in [3.8, 4) is 5.75 Å². The molecule has 1 unspecified atom stereocenters. The monoisotopic (exact) mass is 493 g/mol. The summed E-state index contributed by atoms with van der Waals surface area (Å²) in [6.45, 7) is 5.44. The van der Waals surface area contributed by atoms with E-state index in [0.29, 0.717) is 33.6 Å². The number of carbonyl (C=O) groups is 2. The number of amidine groups is 1. The zero-order valence-electron chi connectivity index (χ0n) is 19.3. The van der Waals surface area contributed by atoms with Crippen LogP contribution in [0.15, 0.2) is 88.6 Å². The van der Waals surface area contributed by atoms with E-state index < -0.39 is 12.0 Å². The van der Waals surface area contributed by atoms with Gasteiger partial charge in [-0.2, -0.15) is 0 Å². The summed E-state index contributed by atoms with van der Waals surface area (Å²) in [5.41, 5.74) is 2.91. The maximum atomic E-state index is 13.2. The molecule has 0 bridgehead atoms. The van der Waals surface area contributed by atoms with Crippen molar-refractivity contribution in [2.75, 3.05) is 19.0 Å². The first-order chi connectivity index (χ1) is 16.9. The molecule has 35 heavy (non-hydrogen) atoms. The summed E-state index contributed by atoms with van der Waals surface area (Å²) in [6, 6.07) is 12.4. The molecule has 0 fully saturated rings. The summed E-state index contributed by atoms with van der Waals surface area (Å²) < 4.78 is 23.9. The van der Waals surface area contributed by atoms with Gasteiger partial charge in [-0.25, -0.2) is 14.2 Å². The van der Waals surface area contributed by atoms with Crippen LogP contribution >= 0.6 is 11.8 Å². The average molecular weight is 494 g/mol. The van der Waals surface area contributed by atoms with Gasteiger partial charge in [0.1, 0.15) is 18.2 Å². The molecule has 0 aromatic heterocycles. The third-order valence-electron chi connectivity index (χ3n) is 5.45. The van der Waals surface area contributed by atoms with Gasteiger partial charge in [0.05, 0.1) is 30.8 Å².